The summed E-state index contributed by atoms with van der Waals surface area (Å²) in [5, 5.41) is 9.46. The largest absolute Gasteiger partial charge is 0.302 e. The Balaban J connectivity index is 1.64. The first-order valence-corrected chi connectivity index (χ1v) is 8.78. The summed E-state index contributed by atoms with van der Waals surface area (Å²) in [5.41, 5.74) is 3.14. The fraction of sp³-hybridized carbons (Fsp3) is 0.294. The first-order chi connectivity index (χ1) is 12.0. The van der Waals surface area contributed by atoms with Crippen LogP contribution in [0.2, 0.25) is 0 Å². The van der Waals surface area contributed by atoms with Crippen molar-refractivity contribution < 1.29 is 4.79 Å². The van der Waals surface area contributed by atoms with Gasteiger partial charge in [0.1, 0.15) is 12.7 Å². The van der Waals surface area contributed by atoms with Gasteiger partial charge in [0.2, 0.25) is 5.91 Å². The van der Waals surface area contributed by atoms with Crippen molar-refractivity contribution in [2.24, 2.45) is 0 Å². The van der Waals surface area contributed by atoms with Crippen molar-refractivity contribution in [1.82, 2.24) is 24.6 Å². The van der Waals surface area contributed by atoms with E-state index in [1.54, 1.807) is 11.0 Å². The zero-order valence-electron chi connectivity index (χ0n) is 14.4. The third-order valence-corrected chi connectivity index (χ3v) is 4.77. The number of carbonyl (C=O) groups excluding carboxylic acids is 1. The Bertz CT molecular complexity index is 827. The number of thiazole rings is 1. The highest BCUT2D eigenvalue weighted by Gasteiger charge is 2.14. The summed E-state index contributed by atoms with van der Waals surface area (Å²) in [6, 6.07) is 8.50. The Morgan fingerprint density at radius 1 is 1.36 bits per heavy atom. The van der Waals surface area contributed by atoms with Crippen LogP contribution >= 0.6 is 11.3 Å². The van der Waals surface area contributed by atoms with Crippen molar-refractivity contribution in [3.05, 3.63) is 53.6 Å². The second-order valence-corrected chi connectivity index (χ2v) is 6.71. The summed E-state index contributed by atoms with van der Waals surface area (Å²) in [4.78, 5) is 21.7. The SMILES string of the molecule is CC(=O)Nc1nc(CN(C)C(C)c2ccc(-n3cncn3)cc2)cs1. The van der Waals surface area contributed by atoms with E-state index in [0.29, 0.717) is 11.7 Å². The lowest BCUT2D eigenvalue weighted by Crippen LogP contribution is -2.22. The number of carbonyl (C=O) groups is 1. The fourth-order valence-corrected chi connectivity index (χ4v) is 3.23. The molecule has 0 fully saturated rings. The van der Waals surface area contributed by atoms with Crippen LogP contribution in [0, 0.1) is 0 Å². The van der Waals surface area contributed by atoms with Gasteiger partial charge in [0.25, 0.3) is 0 Å². The van der Waals surface area contributed by atoms with Gasteiger partial charge in [0.15, 0.2) is 5.13 Å². The van der Waals surface area contributed by atoms with E-state index in [4.69, 9.17) is 0 Å². The molecule has 1 amide bonds. The van der Waals surface area contributed by atoms with Gasteiger partial charge in [-0.05, 0) is 31.7 Å². The van der Waals surface area contributed by atoms with E-state index in [-0.39, 0.29) is 11.9 Å². The molecule has 0 bridgehead atoms. The van der Waals surface area contributed by atoms with E-state index in [2.05, 4.69) is 51.4 Å². The zero-order valence-corrected chi connectivity index (χ0v) is 15.2. The minimum Gasteiger partial charge on any atom is -0.302 e. The van der Waals surface area contributed by atoms with Crippen LogP contribution in [0.5, 0.6) is 0 Å². The first-order valence-electron chi connectivity index (χ1n) is 7.90. The highest BCUT2D eigenvalue weighted by molar-refractivity contribution is 7.13. The van der Waals surface area contributed by atoms with Crippen LogP contribution in [-0.4, -0.2) is 37.6 Å². The molecule has 1 atom stereocenters. The van der Waals surface area contributed by atoms with Crippen LogP contribution in [0.1, 0.15) is 31.1 Å². The maximum absolute atomic E-state index is 11.1. The highest BCUT2D eigenvalue weighted by atomic mass is 32.1. The van der Waals surface area contributed by atoms with Gasteiger partial charge in [-0.25, -0.2) is 14.6 Å². The number of anilines is 1. The summed E-state index contributed by atoms with van der Waals surface area (Å²) < 4.78 is 1.73. The van der Waals surface area contributed by atoms with Gasteiger partial charge in [0, 0.05) is 24.9 Å². The molecule has 25 heavy (non-hydrogen) atoms. The van der Waals surface area contributed by atoms with Gasteiger partial charge in [-0.1, -0.05) is 12.1 Å². The molecule has 0 aliphatic carbocycles. The Kier molecular flexibility index (Phi) is 5.20. The lowest BCUT2D eigenvalue weighted by Gasteiger charge is -2.24. The standard InChI is InChI=1S/C17H20N6OS/c1-12(14-4-6-16(7-5-14)23-11-18-10-19-23)22(3)8-15-9-25-17(21-15)20-13(2)24/h4-7,9-12H,8H2,1-3H3,(H,20,21,24). The summed E-state index contributed by atoms with van der Waals surface area (Å²) >= 11 is 1.44. The molecule has 0 aliphatic rings. The molecule has 1 unspecified atom stereocenters. The van der Waals surface area contributed by atoms with Crippen LogP contribution in [0.25, 0.3) is 5.69 Å². The minimum atomic E-state index is -0.102. The van der Waals surface area contributed by atoms with Gasteiger partial charge in [-0.3, -0.25) is 9.69 Å². The fourth-order valence-electron chi connectivity index (χ4n) is 2.48. The highest BCUT2D eigenvalue weighted by Crippen LogP contribution is 2.23. The molecule has 3 aromatic rings. The molecule has 1 aromatic carbocycles. The van der Waals surface area contributed by atoms with Crippen LogP contribution in [0.15, 0.2) is 42.3 Å². The summed E-state index contributed by atoms with van der Waals surface area (Å²) in [5.74, 6) is -0.102. The summed E-state index contributed by atoms with van der Waals surface area (Å²) in [6.45, 7) is 4.35. The van der Waals surface area contributed by atoms with E-state index in [0.717, 1.165) is 11.4 Å². The molecule has 0 saturated heterocycles. The molecule has 0 aliphatic heterocycles. The lowest BCUT2D eigenvalue weighted by atomic mass is 10.1. The topological polar surface area (TPSA) is 75.9 Å². The minimum absolute atomic E-state index is 0.102. The third-order valence-electron chi connectivity index (χ3n) is 3.97. The van der Waals surface area contributed by atoms with Crippen LogP contribution < -0.4 is 5.32 Å². The Labute approximate surface area is 150 Å². The number of nitrogens with one attached hydrogen (secondary N) is 1. The molecule has 0 saturated carbocycles. The number of hydrogen-bond acceptors (Lipinski definition) is 6. The molecular formula is C17H20N6OS. The van der Waals surface area contributed by atoms with Gasteiger partial charge in [-0.2, -0.15) is 5.10 Å². The Hall–Kier alpha value is -2.58. The van der Waals surface area contributed by atoms with Crippen molar-refractivity contribution in [1.29, 1.82) is 0 Å². The second-order valence-electron chi connectivity index (χ2n) is 5.85. The number of rotatable bonds is 6. The predicted molar refractivity (Wildman–Crippen MR) is 97.7 cm³/mol. The molecule has 8 heteroatoms. The molecular weight excluding hydrogens is 336 g/mol. The molecule has 2 aromatic heterocycles. The van der Waals surface area contributed by atoms with Gasteiger partial charge in [0.05, 0.1) is 11.4 Å². The molecule has 0 radical (unpaired) electrons. The number of amides is 1. The number of benzene rings is 1. The van der Waals surface area contributed by atoms with Gasteiger partial charge in [-0.15, -0.1) is 11.3 Å². The number of hydrogen-bond donors (Lipinski definition) is 1. The van der Waals surface area contributed by atoms with Crippen molar-refractivity contribution >= 4 is 22.4 Å². The van der Waals surface area contributed by atoms with Crippen molar-refractivity contribution in [2.75, 3.05) is 12.4 Å². The quantitative estimate of drug-likeness (QED) is 0.735. The maximum atomic E-state index is 11.1. The zero-order chi connectivity index (χ0) is 17.8. The smallest absolute Gasteiger partial charge is 0.223 e. The number of aromatic nitrogens is 4. The Morgan fingerprint density at radius 3 is 2.76 bits per heavy atom. The van der Waals surface area contributed by atoms with E-state index >= 15 is 0 Å². The molecule has 2 heterocycles. The summed E-state index contributed by atoms with van der Waals surface area (Å²) in [6.07, 6.45) is 3.20. The van der Waals surface area contributed by atoms with E-state index < -0.39 is 0 Å². The third kappa shape index (κ3) is 4.28. The predicted octanol–water partition coefficient (Wildman–Crippen LogP) is 2.88. The van der Waals surface area contributed by atoms with Crippen molar-refractivity contribution in [2.45, 2.75) is 26.4 Å². The van der Waals surface area contributed by atoms with E-state index in [1.807, 2.05) is 17.5 Å². The van der Waals surface area contributed by atoms with Crippen LogP contribution in [0.3, 0.4) is 0 Å². The Morgan fingerprint density at radius 2 is 2.12 bits per heavy atom. The maximum Gasteiger partial charge on any atom is 0.223 e. The number of nitrogens with zero attached hydrogens (tertiary/aromatic N) is 5. The first kappa shape index (κ1) is 17.2. The van der Waals surface area contributed by atoms with Crippen LogP contribution in [-0.2, 0) is 11.3 Å². The average molecular weight is 356 g/mol. The van der Waals surface area contributed by atoms with Crippen molar-refractivity contribution in [3.63, 3.8) is 0 Å². The van der Waals surface area contributed by atoms with Crippen LogP contribution in [0.4, 0.5) is 5.13 Å². The van der Waals surface area contributed by atoms with Gasteiger partial charge >= 0.3 is 0 Å². The summed E-state index contributed by atoms with van der Waals surface area (Å²) in [7, 11) is 2.06. The second kappa shape index (κ2) is 7.54. The molecule has 3 rings (SSSR count). The molecule has 0 spiro atoms. The monoisotopic (exact) mass is 356 g/mol. The molecule has 130 valence electrons. The average Bonchev–Trinajstić information content (AvgIpc) is 3.26. The van der Waals surface area contributed by atoms with E-state index in [9.17, 15) is 4.79 Å². The molecule has 7 nitrogen and oxygen atoms in total. The van der Waals surface area contributed by atoms with Gasteiger partial charge < -0.3 is 5.32 Å². The normalized spacial score (nSPS) is 12.3. The van der Waals surface area contributed by atoms with E-state index in [1.165, 1.54) is 30.2 Å². The molecule has 1 N–H and O–H groups in total. The van der Waals surface area contributed by atoms with Crippen molar-refractivity contribution in [3.8, 4) is 5.69 Å². The lowest BCUT2D eigenvalue weighted by molar-refractivity contribution is -0.114.